The second-order valence-corrected chi connectivity index (χ2v) is 3.64. The minimum atomic E-state index is 0.795. The fourth-order valence-corrected chi connectivity index (χ4v) is 1.47. The highest BCUT2D eigenvalue weighted by Gasteiger charge is 1.94. The molecule has 0 radical (unpaired) electrons. The minimum absolute atomic E-state index is 0.795. The first kappa shape index (κ1) is 10.4. The molecule has 0 aliphatic carbocycles. The van der Waals surface area contributed by atoms with Crippen molar-refractivity contribution in [3.63, 3.8) is 0 Å². The van der Waals surface area contributed by atoms with Crippen LogP contribution in [0, 0.1) is 0 Å². The Balaban J connectivity index is 1.97. The topological polar surface area (TPSA) is 29.9 Å². The lowest BCUT2D eigenvalue weighted by Crippen LogP contribution is -2.31. The van der Waals surface area contributed by atoms with Gasteiger partial charge in [0.1, 0.15) is 0 Å². The van der Waals surface area contributed by atoms with Gasteiger partial charge in [0.15, 0.2) is 18.9 Å². The maximum absolute atomic E-state index is 5.62. The number of hydrogen-bond acceptors (Lipinski definition) is 1. The van der Waals surface area contributed by atoms with E-state index in [0.29, 0.717) is 0 Å². The van der Waals surface area contributed by atoms with Crippen LogP contribution in [-0.4, -0.2) is 0 Å². The molecule has 16 heavy (non-hydrogen) atoms. The third-order valence-corrected chi connectivity index (χ3v) is 2.34. The van der Waals surface area contributed by atoms with Gasteiger partial charge in [0.2, 0.25) is 0 Å². The summed E-state index contributed by atoms with van der Waals surface area (Å²) >= 11 is 0. The van der Waals surface area contributed by atoms with Crippen LogP contribution in [0.4, 0.5) is 5.69 Å². The van der Waals surface area contributed by atoms with E-state index in [-0.39, 0.29) is 0 Å². The molecule has 0 spiro atoms. The summed E-state index contributed by atoms with van der Waals surface area (Å²) in [6.45, 7) is 0.856. The molecule has 2 heteroatoms. The maximum Gasteiger partial charge on any atom is 0.171 e. The molecule has 0 bridgehead atoms. The van der Waals surface area contributed by atoms with Gasteiger partial charge < -0.3 is 5.73 Å². The van der Waals surface area contributed by atoms with Gasteiger partial charge in [-0.25, -0.2) is 4.57 Å². The highest BCUT2D eigenvalue weighted by molar-refractivity contribution is 5.48. The Morgan fingerprint density at radius 2 is 1.69 bits per heavy atom. The fraction of sp³-hybridized carbons (Fsp3) is 0.0714. The number of rotatable bonds is 3. The van der Waals surface area contributed by atoms with Crippen LogP contribution < -0.4 is 10.3 Å². The van der Waals surface area contributed by atoms with Gasteiger partial charge in [-0.2, -0.15) is 0 Å². The summed E-state index contributed by atoms with van der Waals surface area (Å²) in [4.78, 5) is 0. The number of aromatic nitrogens is 1. The standard InChI is InChI=1S/C14H14N2/c15-14-8-11-16(12-9-14)10-4-7-13-5-2-1-3-6-13/h1-9,11-12,15H,10H2/p+1. The number of nitrogens with two attached hydrogens (primary N) is 1. The maximum atomic E-state index is 5.62. The summed E-state index contributed by atoms with van der Waals surface area (Å²) in [6.07, 6.45) is 8.20. The lowest BCUT2D eigenvalue weighted by atomic mass is 10.2. The van der Waals surface area contributed by atoms with Crippen LogP contribution in [0.3, 0.4) is 0 Å². The second kappa shape index (κ2) is 5.12. The smallest absolute Gasteiger partial charge is 0.171 e. The average Bonchev–Trinajstić information content (AvgIpc) is 2.33. The fourth-order valence-electron chi connectivity index (χ4n) is 1.47. The number of nitrogens with zero attached hydrogens (tertiary/aromatic N) is 1. The normalized spacial score (nSPS) is 10.8. The Labute approximate surface area is 95.7 Å². The van der Waals surface area contributed by atoms with E-state index in [4.69, 9.17) is 5.73 Å². The molecule has 1 heterocycles. The Hall–Kier alpha value is -2.09. The largest absolute Gasteiger partial charge is 0.398 e. The number of allylic oxidation sites excluding steroid dienone is 1. The number of anilines is 1. The quantitative estimate of drug-likeness (QED) is 0.775. The van der Waals surface area contributed by atoms with Gasteiger partial charge in [-0.3, -0.25) is 0 Å². The monoisotopic (exact) mass is 211 g/mol. The van der Waals surface area contributed by atoms with Gasteiger partial charge in [-0.15, -0.1) is 0 Å². The summed E-state index contributed by atoms with van der Waals surface area (Å²) < 4.78 is 2.08. The Bertz CT molecular complexity index is 458. The van der Waals surface area contributed by atoms with Crippen molar-refractivity contribution in [3.8, 4) is 0 Å². The molecule has 0 saturated carbocycles. The summed E-state index contributed by atoms with van der Waals surface area (Å²) in [7, 11) is 0. The predicted octanol–water partition coefficient (Wildman–Crippen LogP) is 2.27. The molecule has 0 aliphatic rings. The van der Waals surface area contributed by atoms with Crippen molar-refractivity contribution >= 4 is 11.8 Å². The van der Waals surface area contributed by atoms with Crippen molar-refractivity contribution in [1.29, 1.82) is 0 Å². The molecular formula is C14H15N2+. The molecule has 0 fully saturated rings. The molecule has 0 atom stereocenters. The van der Waals surface area contributed by atoms with Crippen LogP contribution in [0.5, 0.6) is 0 Å². The van der Waals surface area contributed by atoms with Crippen LogP contribution in [0.25, 0.3) is 6.08 Å². The third-order valence-electron chi connectivity index (χ3n) is 2.34. The van der Waals surface area contributed by atoms with E-state index < -0.39 is 0 Å². The Kier molecular flexibility index (Phi) is 3.34. The highest BCUT2D eigenvalue weighted by Crippen LogP contribution is 2.00. The predicted molar refractivity (Wildman–Crippen MR) is 66.5 cm³/mol. The second-order valence-electron chi connectivity index (χ2n) is 3.64. The molecule has 1 aromatic carbocycles. The van der Waals surface area contributed by atoms with E-state index in [0.717, 1.165) is 12.2 Å². The molecule has 2 nitrogen and oxygen atoms in total. The van der Waals surface area contributed by atoms with E-state index in [9.17, 15) is 0 Å². The van der Waals surface area contributed by atoms with Gasteiger partial charge in [-0.05, 0) is 11.6 Å². The minimum Gasteiger partial charge on any atom is -0.398 e. The van der Waals surface area contributed by atoms with E-state index >= 15 is 0 Å². The molecule has 2 rings (SSSR count). The number of pyridine rings is 1. The zero-order chi connectivity index (χ0) is 11.2. The van der Waals surface area contributed by atoms with Gasteiger partial charge in [0.25, 0.3) is 0 Å². The first-order chi connectivity index (χ1) is 7.84. The van der Waals surface area contributed by atoms with Gasteiger partial charge in [0.05, 0.1) is 0 Å². The molecule has 1 aromatic heterocycles. The van der Waals surface area contributed by atoms with E-state index in [1.165, 1.54) is 5.56 Å². The van der Waals surface area contributed by atoms with Gasteiger partial charge in [-0.1, -0.05) is 36.4 Å². The summed E-state index contributed by atoms with van der Waals surface area (Å²) in [5.41, 5.74) is 7.63. The van der Waals surface area contributed by atoms with Crippen molar-refractivity contribution in [2.75, 3.05) is 5.73 Å². The third kappa shape index (κ3) is 2.95. The molecule has 2 aromatic rings. The molecule has 0 amide bonds. The number of nitrogen functional groups attached to an aromatic ring is 1. The van der Waals surface area contributed by atoms with Crippen LogP contribution in [0.2, 0.25) is 0 Å². The van der Waals surface area contributed by atoms with E-state index in [2.05, 4.69) is 28.9 Å². The van der Waals surface area contributed by atoms with Crippen LogP contribution in [0.15, 0.2) is 60.9 Å². The van der Waals surface area contributed by atoms with Crippen LogP contribution >= 0.6 is 0 Å². The first-order valence-corrected chi connectivity index (χ1v) is 5.31. The number of hydrogen-bond donors (Lipinski definition) is 1. The summed E-state index contributed by atoms with van der Waals surface area (Å²) in [5, 5.41) is 0. The molecular weight excluding hydrogens is 196 g/mol. The average molecular weight is 211 g/mol. The number of benzene rings is 1. The molecule has 80 valence electrons. The first-order valence-electron chi connectivity index (χ1n) is 5.31. The summed E-state index contributed by atoms with van der Waals surface area (Å²) in [6, 6.07) is 14.1. The van der Waals surface area contributed by atoms with Gasteiger partial charge >= 0.3 is 0 Å². The SMILES string of the molecule is Nc1cc[n+](CC=Cc2ccccc2)cc1. The Morgan fingerprint density at radius 3 is 2.38 bits per heavy atom. The highest BCUT2D eigenvalue weighted by atomic mass is 14.9. The van der Waals surface area contributed by atoms with Crippen molar-refractivity contribution in [1.82, 2.24) is 0 Å². The molecule has 0 aliphatic heterocycles. The Morgan fingerprint density at radius 1 is 1.00 bits per heavy atom. The van der Waals surface area contributed by atoms with Crippen molar-refractivity contribution < 1.29 is 4.57 Å². The lowest BCUT2D eigenvalue weighted by Gasteiger charge is -1.93. The van der Waals surface area contributed by atoms with Gasteiger partial charge in [0, 0.05) is 17.8 Å². The zero-order valence-corrected chi connectivity index (χ0v) is 9.08. The van der Waals surface area contributed by atoms with E-state index in [1.807, 2.05) is 42.7 Å². The molecule has 2 N–H and O–H groups in total. The lowest BCUT2D eigenvalue weighted by molar-refractivity contribution is -0.686. The van der Waals surface area contributed by atoms with Crippen LogP contribution in [0.1, 0.15) is 5.56 Å². The van der Waals surface area contributed by atoms with Crippen molar-refractivity contribution in [3.05, 3.63) is 66.5 Å². The zero-order valence-electron chi connectivity index (χ0n) is 9.08. The van der Waals surface area contributed by atoms with Crippen molar-refractivity contribution in [2.45, 2.75) is 6.54 Å². The molecule has 0 saturated heterocycles. The molecule has 0 unspecified atom stereocenters. The van der Waals surface area contributed by atoms with Crippen molar-refractivity contribution in [2.24, 2.45) is 0 Å². The van der Waals surface area contributed by atoms with Crippen LogP contribution in [-0.2, 0) is 6.54 Å². The summed E-state index contributed by atoms with van der Waals surface area (Å²) in [5.74, 6) is 0. The van der Waals surface area contributed by atoms with E-state index in [1.54, 1.807) is 0 Å².